The Hall–Kier alpha value is -2.13. The summed E-state index contributed by atoms with van der Waals surface area (Å²) in [6.07, 6.45) is 1.14. The molecule has 22 heavy (non-hydrogen) atoms. The maximum absolute atomic E-state index is 12.3. The maximum Gasteiger partial charge on any atom is 0.228 e. The smallest absolute Gasteiger partial charge is 0.228 e. The number of hydrogen-bond donors (Lipinski definition) is 1. The van der Waals surface area contributed by atoms with Crippen molar-refractivity contribution in [3.63, 3.8) is 0 Å². The van der Waals surface area contributed by atoms with Gasteiger partial charge in [-0.1, -0.05) is 35.9 Å². The highest BCUT2D eigenvalue weighted by Gasteiger charge is 2.18. The number of anilines is 1. The number of amides is 1. The van der Waals surface area contributed by atoms with Gasteiger partial charge in [-0.25, -0.2) is 0 Å². The Morgan fingerprint density at radius 2 is 2.05 bits per heavy atom. The lowest BCUT2D eigenvalue weighted by Crippen LogP contribution is -2.08. The van der Waals surface area contributed by atoms with Crippen molar-refractivity contribution < 1.29 is 9.59 Å². The average Bonchev–Trinajstić information content (AvgIpc) is 2.83. The zero-order valence-electron chi connectivity index (χ0n) is 12.3. The molecule has 0 aliphatic carbocycles. The second-order valence-corrected chi connectivity index (χ2v) is 6.04. The third kappa shape index (κ3) is 3.04. The van der Waals surface area contributed by atoms with Crippen molar-refractivity contribution in [2.75, 3.05) is 5.32 Å². The summed E-state index contributed by atoms with van der Waals surface area (Å²) in [5.41, 5.74) is 4.69. The van der Waals surface area contributed by atoms with E-state index in [4.69, 9.17) is 11.6 Å². The Balaban J connectivity index is 1.71. The number of hydrogen-bond acceptors (Lipinski definition) is 2. The van der Waals surface area contributed by atoms with Crippen LogP contribution in [-0.4, -0.2) is 11.7 Å². The molecule has 0 spiro atoms. The van der Waals surface area contributed by atoms with Crippen LogP contribution < -0.4 is 5.32 Å². The lowest BCUT2D eigenvalue weighted by molar-refractivity contribution is -0.118. The van der Waals surface area contributed by atoms with Crippen molar-refractivity contribution in [2.24, 2.45) is 0 Å². The molecule has 0 unspecified atom stereocenters. The predicted molar refractivity (Wildman–Crippen MR) is 87.4 cm³/mol. The summed E-state index contributed by atoms with van der Waals surface area (Å²) in [7, 11) is 0. The van der Waals surface area contributed by atoms with Crippen LogP contribution in [-0.2, 0) is 28.9 Å². The van der Waals surface area contributed by atoms with Gasteiger partial charge in [-0.2, -0.15) is 0 Å². The predicted octanol–water partition coefficient (Wildman–Crippen LogP) is 3.50. The van der Waals surface area contributed by atoms with E-state index in [1.807, 2.05) is 43.3 Å². The number of benzene rings is 2. The van der Waals surface area contributed by atoms with Crippen LogP contribution in [0.25, 0.3) is 0 Å². The number of Topliss-reactive ketones (excluding diaryl/α,β-unsaturated/α-hetero) is 1. The van der Waals surface area contributed by atoms with Crippen molar-refractivity contribution in [1.82, 2.24) is 0 Å². The molecule has 1 amide bonds. The van der Waals surface area contributed by atoms with Gasteiger partial charge in [-0.15, -0.1) is 0 Å². The summed E-state index contributed by atoms with van der Waals surface area (Å²) < 4.78 is 0. The molecular formula is C18H16ClNO2. The number of carbonyl (C=O) groups excluding carboxylic acids is 2. The lowest BCUT2D eigenvalue weighted by atomic mass is 9.98. The summed E-state index contributed by atoms with van der Waals surface area (Å²) in [5.74, 6) is 0.149. The van der Waals surface area contributed by atoms with Crippen molar-refractivity contribution in [2.45, 2.75) is 26.2 Å². The number of ketones is 1. The molecule has 3 rings (SSSR count). The number of fused-ring (bicyclic) bond motifs is 1. The summed E-state index contributed by atoms with van der Waals surface area (Å²) in [5, 5.41) is 3.48. The van der Waals surface area contributed by atoms with E-state index in [2.05, 4.69) is 5.32 Å². The third-order valence-electron chi connectivity index (χ3n) is 3.96. The standard InChI is InChI=1S/C18H16ClNO2/c1-11-13(3-2-4-16(11)19)9-15(21)8-12-5-6-17-14(7-12)10-18(22)20-17/h2-7H,8-10H2,1H3,(H,20,22). The fourth-order valence-electron chi connectivity index (χ4n) is 2.74. The van der Waals surface area contributed by atoms with Crippen LogP contribution in [0.3, 0.4) is 0 Å². The molecule has 3 nitrogen and oxygen atoms in total. The van der Waals surface area contributed by atoms with E-state index in [0.29, 0.717) is 24.3 Å². The van der Waals surface area contributed by atoms with Gasteiger partial charge < -0.3 is 5.32 Å². The number of rotatable bonds is 4. The van der Waals surface area contributed by atoms with Gasteiger partial charge in [0.25, 0.3) is 0 Å². The molecule has 0 atom stereocenters. The quantitative estimate of drug-likeness (QED) is 0.939. The molecular weight excluding hydrogens is 298 g/mol. The maximum atomic E-state index is 12.3. The molecule has 0 bridgehead atoms. The fourth-order valence-corrected chi connectivity index (χ4v) is 2.93. The first-order chi connectivity index (χ1) is 10.5. The molecule has 1 heterocycles. The first-order valence-corrected chi connectivity index (χ1v) is 7.58. The first kappa shape index (κ1) is 14.8. The second-order valence-electron chi connectivity index (χ2n) is 5.63. The van der Waals surface area contributed by atoms with Gasteiger partial charge in [-0.3, -0.25) is 9.59 Å². The molecule has 1 aliphatic heterocycles. The summed E-state index contributed by atoms with van der Waals surface area (Å²) in [4.78, 5) is 23.6. The molecule has 0 saturated heterocycles. The van der Waals surface area contributed by atoms with E-state index in [-0.39, 0.29) is 11.7 Å². The minimum absolute atomic E-state index is 0.00743. The highest BCUT2D eigenvalue weighted by atomic mass is 35.5. The van der Waals surface area contributed by atoms with E-state index in [9.17, 15) is 9.59 Å². The van der Waals surface area contributed by atoms with Gasteiger partial charge in [0.2, 0.25) is 5.91 Å². The summed E-state index contributed by atoms with van der Waals surface area (Å²) >= 11 is 6.08. The van der Waals surface area contributed by atoms with E-state index in [1.54, 1.807) is 0 Å². The Kier molecular flexibility index (Phi) is 3.99. The second kappa shape index (κ2) is 5.93. The molecule has 2 aromatic rings. The third-order valence-corrected chi connectivity index (χ3v) is 4.37. The summed E-state index contributed by atoms with van der Waals surface area (Å²) in [6.45, 7) is 1.93. The topological polar surface area (TPSA) is 46.2 Å². The molecule has 0 fully saturated rings. The molecule has 0 saturated carbocycles. The first-order valence-electron chi connectivity index (χ1n) is 7.20. The van der Waals surface area contributed by atoms with E-state index >= 15 is 0 Å². The van der Waals surface area contributed by atoms with Crippen LogP contribution in [0, 0.1) is 6.92 Å². The molecule has 1 aliphatic rings. The Morgan fingerprint density at radius 3 is 2.86 bits per heavy atom. The molecule has 0 radical (unpaired) electrons. The fraction of sp³-hybridized carbons (Fsp3) is 0.222. The van der Waals surface area contributed by atoms with E-state index in [1.165, 1.54) is 0 Å². The van der Waals surface area contributed by atoms with Crippen LogP contribution in [0.5, 0.6) is 0 Å². The van der Waals surface area contributed by atoms with Crippen LogP contribution in [0.15, 0.2) is 36.4 Å². The average molecular weight is 314 g/mol. The van der Waals surface area contributed by atoms with Gasteiger partial charge in [-0.05, 0) is 41.3 Å². The monoisotopic (exact) mass is 313 g/mol. The zero-order valence-corrected chi connectivity index (χ0v) is 13.0. The highest BCUT2D eigenvalue weighted by Crippen LogP contribution is 2.24. The summed E-state index contributed by atoms with van der Waals surface area (Å²) in [6, 6.07) is 11.3. The van der Waals surface area contributed by atoms with E-state index in [0.717, 1.165) is 27.9 Å². The lowest BCUT2D eigenvalue weighted by Gasteiger charge is -2.08. The van der Waals surface area contributed by atoms with Crippen molar-refractivity contribution in [1.29, 1.82) is 0 Å². The van der Waals surface area contributed by atoms with Gasteiger partial charge in [0.15, 0.2) is 0 Å². The zero-order chi connectivity index (χ0) is 15.7. The number of halogens is 1. The van der Waals surface area contributed by atoms with Crippen LogP contribution in [0.1, 0.15) is 22.3 Å². The Labute approximate surface area is 134 Å². The largest absolute Gasteiger partial charge is 0.326 e. The number of carbonyl (C=O) groups is 2. The van der Waals surface area contributed by atoms with Gasteiger partial charge in [0.05, 0.1) is 6.42 Å². The molecule has 112 valence electrons. The molecule has 0 aromatic heterocycles. The number of nitrogens with one attached hydrogen (secondary N) is 1. The van der Waals surface area contributed by atoms with Crippen molar-refractivity contribution in [3.8, 4) is 0 Å². The van der Waals surface area contributed by atoms with E-state index < -0.39 is 0 Å². The van der Waals surface area contributed by atoms with Crippen LogP contribution in [0.4, 0.5) is 5.69 Å². The van der Waals surface area contributed by atoms with Crippen molar-refractivity contribution >= 4 is 29.0 Å². The Bertz CT molecular complexity index is 768. The minimum atomic E-state index is 0.00743. The SMILES string of the molecule is Cc1c(Cl)cccc1CC(=O)Cc1ccc2c(c1)CC(=O)N2. The molecule has 4 heteroatoms. The molecule has 2 aromatic carbocycles. The van der Waals surface area contributed by atoms with Gasteiger partial charge in [0.1, 0.15) is 5.78 Å². The Morgan fingerprint density at radius 1 is 1.23 bits per heavy atom. The normalized spacial score (nSPS) is 12.9. The van der Waals surface area contributed by atoms with Gasteiger partial charge in [0, 0.05) is 23.6 Å². The van der Waals surface area contributed by atoms with Crippen LogP contribution in [0.2, 0.25) is 5.02 Å². The molecule has 1 N–H and O–H groups in total. The van der Waals surface area contributed by atoms with Crippen molar-refractivity contribution in [3.05, 3.63) is 63.7 Å². The van der Waals surface area contributed by atoms with Gasteiger partial charge >= 0.3 is 0 Å². The minimum Gasteiger partial charge on any atom is -0.326 e. The highest BCUT2D eigenvalue weighted by molar-refractivity contribution is 6.31. The van der Waals surface area contributed by atoms with Crippen LogP contribution >= 0.6 is 11.6 Å².